The van der Waals surface area contributed by atoms with Crippen molar-refractivity contribution in [3.63, 3.8) is 0 Å². The van der Waals surface area contributed by atoms with E-state index in [0.29, 0.717) is 0 Å². The van der Waals surface area contributed by atoms with E-state index in [1.165, 1.54) is 109 Å². The number of benzene rings is 11. The zero-order chi connectivity index (χ0) is 44.6. The van der Waals surface area contributed by atoms with Gasteiger partial charge >= 0.3 is 0 Å². The molecule has 0 saturated heterocycles. The molecule has 0 radical (unpaired) electrons. The van der Waals surface area contributed by atoms with Gasteiger partial charge in [0.05, 0.1) is 22.1 Å². The van der Waals surface area contributed by atoms with Crippen molar-refractivity contribution in [3.8, 4) is 33.6 Å². The van der Waals surface area contributed by atoms with Crippen LogP contribution in [0.15, 0.2) is 243 Å². The Hall–Kier alpha value is -8.72. The van der Waals surface area contributed by atoms with Crippen LogP contribution in [0.5, 0.6) is 0 Å². The van der Waals surface area contributed by atoms with Crippen molar-refractivity contribution in [2.45, 2.75) is 6.92 Å². The first-order valence-corrected chi connectivity index (χ1v) is 23.1. The van der Waals surface area contributed by atoms with E-state index in [1.54, 1.807) is 0 Å². The van der Waals surface area contributed by atoms with Crippen LogP contribution in [0.3, 0.4) is 0 Å². The number of rotatable bonds is 7. The van der Waals surface area contributed by atoms with Crippen LogP contribution in [0.25, 0.3) is 115 Å². The molecule has 11 aromatic carbocycles. The summed E-state index contributed by atoms with van der Waals surface area (Å²) in [4.78, 5) is 0. The summed E-state index contributed by atoms with van der Waals surface area (Å²) < 4.78 is 4.89. The molecule has 0 fully saturated rings. The molecule has 314 valence electrons. The zero-order valence-electron chi connectivity index (χ0n) is 37.1. The van der Waals surface area contributed by atoms with Crippen molar-refractivity contribution < 1.29 is 0 Å². The fraction of sp³-hybridized carbons (Fsp3) is 0.0154. The Morgan fingerprint density at radius 3 is 1.58 bits per heavy atom. The zero-order valence-corrected chi connectivity index (χ0v) is 37.1. The first-order valence-electron chi connectivity index (χ1n) is 23.1. The number of allylic oxidation sites excluding steroid dienone is 2. The van der Waals surface area contributed by atoms with Gasteiger partial charge in [0, 0.05) is 44.0 Å². The molecule has 0 saturated carbocycles. The second-order valence-corrected chi connectivity index (χ2v) is 17.7. The topological polar surface area (TPSA) is 9.86 Å². The predicted molar refractivity (Wildman–Crippen MR) is 287 cm³/mol. The quantitative estimate of drug-likeness (QED) is 0.112. The van der Waals surface area contributed by atoms with E-state index < -0.39 is 0 Å². The molecule has 0 N–H and O–H groups in total. The molecular weight excluding hydrogens is 809 g/mol. The lowest BCUT2D eigenvalue weighted by Crippen LogP contribution is -2.01. The summed E-state index contributed by atoms with van der Waals surface area (Å²) in [6.45, 7) is 6.68. The minimum atomic E-state index is 1.12. The van der Waals surface area contributed by atoms with E-state index in [1.807, 2.05) is 6.08 Å². The maximum Gasteiger partial charge on any atom is 0.0619 e. The van der Waals surface area contributed by atoms with E-state index in [2.05, 4.69) is 253 Å². The van der Waals surface area contributed by atoms with E-state index in [-0.39, 0.29) is 0 Å². The molecule has 0 atom stereocenters. The highest BCUT2D eigenvalue weighted by Gasteiger charge is 2.24. The lowest BCUT2D eigenvalue weighted by atomic mass is 9.83. The molecule has 0 aliphatic carbocycles. The molecule has 0 amide bonds. The molecule has 0 spiro atoms. The maximum absolute atomic E-state index is 4.36. The number of aromatic nitrogens is 2. The standard InChI is InChI=1S/C65H44N2/c1-3-19-50(55-30-17-32-57-52-26-12-14-34-61(52)66(64(55)57)48-22-6-4-7-23-48)59-41-60-51(56-31-18-33-58-53-27-13-15-35-62(53)67(65(56)58)49-24-8-5-9-25-49)28-16-29-54(60)63(42(59)2)46-37-36-45-38-43-20-10-11-21-44(43)39-47(45)40-46/h3-41H,1H2,2H3/b50-19-. The van der Waals surface area contributed by atoms with Gasteiger partial charge in [0.1, 0.15) is 0 Å². The first kappa shape index (κ1) is 38.7. The fourth-order valence-electron chi connectivity index (χ4n) is 11.1. The molecule has 0 unspecified atom stereocenters. The van der Waals surface area contributed by atoms with E-state index in [9.17, 15) is 0 Å². The van der Waals surface area contributed by atoms with Crippen LogP contribution in [0.4, 0.5) is 0 Å². The van der Waals surface area contributed by atoms with Crippen LogP contribution in [0.2, 0.25) is 0 Å². The van der Waals surface area contributed by atoms with Gasteiger partial charge in [0.2, 0.25) is 0 Å². The summed E-state index contributed by atoms with van der Waals surface area (Å²) in [6.07, 6.45) is 4.18. The van der Waals surface area contributed by atoms with Gasteiger partial charge in [-0.15, -0.1) is 0 Å². The van der Waals surface area contributed by atoms with E-state index in [4.69, 9.17) is 0 Å². The highest BCUT2D eigenvalue weighted by molar-refractivity contribution is 6.19. The number of hydrogen-bond donors (Lipinski definition) is 0. The molecule has 2 heterocycles. The van der Waals surface area contributed by atoms with Crippen molar-refractivity contribution in [1.29, 1.82) is 0 Å². The van der Waals surface area contributed by atoms with E-state index >= 15 is 0 Å². The second kappa shape index (κ2) is 15.5. The van der Waals surface area contributed by atoms with Gasteiger partial charge in [-0.25, -0.2) is 0 Å². The van der Waals surface area contributed by atoms with Crippen LogP contribution in [0, 0.1) is 6.92 Å². The fourth-order valence-corrected chi connectivity index (χ4v) is 11.1. The number of para-hydroxylation sites is 6. The molecule has 2 heteroatoms. The normalized spacial score (nSPS) is 12.1. The summed E-state index contributed by atoms with van der Waals surface area (Å²) in [5.41, 5.74) is 16.5. The average molecular weight is 853 g/mol. The second-order valence-electron chi connectivity index (χ2n) is 17.7. The molecule has 13 rings (SSSR count). The monoisotopic (exact) mass is 852 g/mol. The summed E-state index contributed by atoms with van der Waals surface area (Å²) in [6, 6.07) is 82.5. The third-order valence-corrected chi connectivity index (χ3v) is 14.0. The Balaban J connectivity index is 1.15. The van der Waals surface area contributed by atoms with Crippen molar-refractivity contribution in [3.05, 3.63) is 260 Å². The first-order chi connectivity index (χ1) is 33.1. The predicted octanol–water partition coefficient (Wildman–Crippen LogP) is 17.6. The SMILES string of the molecule is C=C/C=C(\c1cc2c(-c3cccc4c5ccccc5n(-c5ccccc5)c34)cccc2c(-c2ccc3cc4ccccc4cc3c2)c1C)c1cccc2c3ccccc3n(-c3ccccc3)c12. The highest BCUT2D eigenvalue weighted by atomic mass is 15.0. The highest BCUT2D eigenvalue weighted by Crippen LogP contribution is 2.47. The molecule has 2 aromatic heterocycles. The number of fused-ring (bicyclic) bond motifs is 9. The minimum Gasteiger partial charge on any atom is -0.309 e. The average Bonchev–Trinajstić information content (AvgIpc) is 3.91. The summed E-state index contributed by atoms with van der Waals surface area (Å²) >= 11 is 0. The Labute approximate surface area is 389 Å². The van der Waals surface area contributed by atoms with Crippen molar-refractivity contribution >= 4 is 81.5 Å². The van der Waals surface area contributed by atoms with E-state index in [0.717, 1.165) is 22.5 Å². The Morgan fingerprint density at radius 2 is 0.910 bits per heavy atom. The molecule has 0 bridgehead atoms. The third kappa shape index (κ3) is 6.04. The smallest absolute Gasteiger partial charge is 0.0619 e. The Bertz CT molecular complexity index is 4160. The number of hydrogen-bond acceptors (Lipinski definition) is 0. The molecule has 0 aliphatic heterocycles. The molecule has 67 heavy (non-hydrogen) atoms. The molecular formula is C65H44N2. The number of nitrogens with zero attached hydrogens (tertiary/aromatic N) is 2. The molecule has 0 aliphatic rings. The van der Waals surface area contributed by atoms with Crippen LogP contribution in [-0.2, 0) is 0 Å². The Kier molecular flexibility index (Phi) is 8.94. The maximum atomic E-state index is 4.36. The van der Waals surface area contributed by atoms with Crippen LogP contribution >= 0.6 is 0 Å². The Morgan fingerprint density at radius 1 is 0.388 bits per heavy atom. The van der Waals surface area contributed by atoms with Gasteiger partial charge in [-0.2, -0.15) is 0 Å². The summed E-state index contributed by atoms with van der Waals surface area (Å²) in [7, 11) is 0. The van der Waals surface area contributed by atoms with Gasteiger partial charge in [0.25, 0.3) is 0 Å². The van der Waals surface area contributed by atoms with Crippen LogP contribution in [0.1, 0.15) is 16.7 Å². The molecule has 2 nitrogen and oxygen atoms in total. The summed E-state index contributed by atoms with van der Waals surface area (Å²) in [5, 5.41) is 12.3. The van der Waals surface area contributed by atoms with Gasteiger partial charge in [-0.1, -0.05) is 183 Å². The van der Waals surface area contributed by atoms with Crippen LogP contribution in [-0.4, -0.2) is 9.13 Å². The minimum absolute atomic E-state index is 1.12. The van der Waals surface area contributed by atoms with Crippen molar-refractivity contribution in [2.24, 2.45) is 0 Å². The van der Waals surface area contributed by atoms with Gasteiger partial charge in [-0.3, -0.25) is 0 Å². The van der Waals surface area contributed by atoms with Crippen LogP contribution < -0.4 is 0 Å². The lowest BCUT2D eigenvalue weighted by molar-refractivity contribution is 1.18. The summed E-state index contributed by atoms with van der Waals surface area (Å²) in [5.74, 6) is 0. The van der Waals surface area contributed by atoms with Crippen molar-refractivity contribution in [2.75, 3.05) is 0 Å². The third-order valence-electron chi connectivity index (χ3n) is 14.0. The lowest BCUT2D eigenvalue weighted by Gasteiger charge is -2.22. The van der Waals surface area contributed by atoms with Crippen molar-refractivity contribution in [1.82, 2.24) is 9.13 Å². The largest absolute Gasteiger partial charge is 0.309 e. The van der Waals surface area contributed by atoms with Gasteiger partial charge in [0.15, 0.2) is 0 Å². The molecule has 13 aromatic rings. The van der Waals surface area contributed by atoms with Gasteiger partial charge in [-0.05, 0) is 133 Å². The van der Waals surface area contributed by atoms with Gasteiger partial charge < -0.3 is 9.13 Å².